The number of hydrogen-bond donors (Lipinski definition) is 3. The molecule has 0 saturated carbocycles. The molecule has 0 bridgehead atoms. The number of phosphoric acid groups is 2. The van der Waals surface area contributed by atoms with Gasteiger partial charge in [0.1, 0.15) is 19.3 Å². The topological polar surface area (TPSA) is 237 Å². The van der Waals surface area contributed by atoms with E-state index in [1.807, 2.05) is 0 Å². The van der Waals surface area contributed by atoms with E-state index in [0.29, 0.717) is 25.7 Å². The third kappa shape index (κ3) is 85.4. The minimum absolute atomic E-state index is 0.107. The predicted molar refractivity (Wildman–Crippen MR) is 478 cm³/mol. The number of hydrogen-bond acceptors (Lipinski definition) is 15. The zero-order valence-corrected chi connectivity index (χ0v) is 78.2. The molecular formula is C96H188O17P2. The van der Waals surface area contributed by atoms with Gasteiger partial charge in [-0.3, -0.25) is 37.3 Å². The summed E-state index contributed by atoms with van der Waals surface area (Å²) in [7, 11) is -9.94. The van der Waals surface area contributed by atoms with Crippen molar-refractivity contribution >= 4 is 39.5 Å². The maximum Gasteiger partial charge on any atom is 0.472 e. The number of carbonyl (C=O) groups excluding carboxylic acids is 4. The molecule has 0 rings (SSSR count). The number of aliphatic hydroxyl groups is 1. The van der Waals surface area contributed by atoms with Gasteiger partial charge in [0.25, 0.3) is 0 Å². The summed E-state index contributed by atoms with van der Waals surface area (Å²) < 4.78 is 69.2. The van der Waals surface area contributed by atoms with Gasteiger partial charge in [-0.15, -0.1) is 0 Å². The summed E-state index contributed by atoms with van der Waals surface area (Å²) in [6.07, 6.45) is 78.0. The molecule has 0 saturated heterocycles. The quantitative estimate of drug-likeness (QED) is 0.0222. The van der Waals surface area contributed by atoms with E-state index in [-0.39, 0.29) is 25.7 Å². The van der Waals surface area contributed by atoms with Crippen LogP contribution in [0.15, 0.2) is 0 Å². The fourth-order valence-corrected chi connectivity index (χ4v) is 16.6. The Morgan fingerprint density at radius 3 is 0.617 bits per heavy atom. The molecule has 0 radical (unpaired) electrons. The van der Waals surface area contributed by atoms with Crippen molar-refractivity contribution < 1.29 is 80.2 Å². The van der Waals surface area contributed by atoms with Crippen LogP contribution < -0.4 is 0 Å². The molecule has 3 N–H and O–H groups in total. The van der Waals surface area contributed by atoms with Crippen molar-refractivity contribution in [2.24, 2.45) is 23.7 Å². The molecule has 0 heterocycles. The fraction of sp³-hybridized carbons (Fsp3) is 0.958. The predicted octanol–water partition coefficient (Wildman–Crippen LogP) is 29.8. The largest absolute Gasteiger partial charge is 0.472 e. The molecule has 115 heavy (non-hydrogen) atoms. The summed E-state index contributed by atoms with van der Waals surface area (Å²) in [5.74, 6) is 1.20. The minimum atomic E-state index is -4.97. The molecule has 0 fully saturated rings. The third-order valence-corrected chi connectivity index (χ3v) is 25.6. The van der Waals surface area contributed by atoms with Gasteiger partial charge in [-0.1, -0.05) is 460 Å². The van der Waals surface area contributed by atoms with Crippen LogP contribution in [0.3, 0.4) is 0 Å². The molecule has 0 amide bonds. The molecule has 0 aliphatic carbocycles. The van der Waals surface area contributed by atoms with Crippen LogP contribution in [0.1, 0.15) is 511 Å². The summed E-state index contributed by atoms with van der Waals surface area (Å²) in [5, 5.41) is 10.7. The van der Waals surface area contributed by atoms with Crippen molar-refractivity contribution in [1.29, 1.82) is 0 Å². The van der Waals surface area contributed by atoms with Crippen molar-refractivity contribution in [3.05, 3.63) is 0 Å². The van der Waals surface area contributed by atoms with Gasteiger partial charge < -0.3 is 33.8 Å². The molecule has 5 unspecified atom stereocenters. The lowest BCUT2D eigenvalue weighted by atomic mass is 9.99. The Bertz CT molecular complexity index is 2220. The van der Waals surface area contributed by atoms with Crippen LogP contribution in [0.2, 0.25) is 0 Å². The zero-order chi connectivity index (χ0) is 84.5. The number of unbranched alkanes of at least 4 members (excludes halogenated alkanes) is 56. The first-order valence-electron chi connectivity index (χ1n) is 49.3. The number of rotatable bonds is 93. The first-order valence-corrected chi connectivity index (χ1v) is 52.3. The lowest BCUT2D eigenvalue weighted by Gasteiger charge is -2.21. The van der Waals surface area contributed by atoms with Crippen molar-refractivity contribution in [2.45, 2.75) is 530 Å². The van der Waals surface area contributed by atoms with E-state index < -0.39 is 97.5 Å². The number of phosphoric ester groups is 2. The van der Waals surface area contributed by atoms with Gasteiger partial charge in [-0.2, -0.15) is 0 Å². The van der Waals surface area contributed by atoms with Crippen LogP contribution in [-0.4, -0.2) is 96.7 Å². The van der Waals surface area contributed by atoms with Crippen molar-refractivity contribution in [3.63, 3.8) is 0 Å². The molecular weight excluding hydrogens is 1490 g/mol. The van der Waals surface area contributed by atoms with Gasteiger partial charge in [0.15, 0.2) is 12.2 Å². The van der Waals surface area contributed by atoms with Gasteiger partial charge in [0, 0.05) is 25.7 Å². The Labute approximate surface area is 708 Å². The maximum atomic E-state index is 13.2. The van der Waals surface area contributed by atoms with Crippen molar-refractivity contribution in [2.75, 3.05) is 39.6 Å². The third-order valence-electron chi connectivity index (χ3n) is 23.7. The van der Waals surface area contributed by atoms with Gasteiger partial charge in [0.05, 0.1) is 26.4 Å². The Hall–Kier alpha value is -1.94. The highest BCUT2D eigenvalue weighted by Gasteiger charge is 2.31. The van der Waals surface area contributed by atoms with Gasteiger partial charge in [0.2, 0.25) is 0 Å². The Kier molecular flexibility index (Phi) is 82.9. The van der Waals surface area contributed by atoms with Crippen LogP contribution in [0, 0.1) is 23.7 Å². The smallest absolute Gasteiger partial charge is 0.462 e. The van der Waals surface area contributed by atoms with Crippen LogP contribution in [0.5, 0.6) is 0 Å². The molecule has 0 aromatic rings. The number of ether oxygens (including phenoxy) is 4. The van der Waals surface area contributed by atoms with Crippen LogP contribution in [0.25, 0.3) is 0 Å². The highest BCUT2D eigenvalue weighted by Crippen LogP contribution is 2.45. The highest BCUT2D eigenvalue weighted by molar-refractivity contribution is 7.47. The number of esters is 4. The average molecular weight is 1680 g/mol. The Balaban J connectivity index is 5.21. The zero-order valence-electron chi connectivity index (χ0n) is 76.4. The molecule has 0 aromatic carbocycles. The van der Waals surface area contributed by atoms with Crippen LogP contribution in [-0.2, 0) is 65.4 Å². The molecule has 19 heteroatoms. The van der Waals surface area contributed by atoms with Gasteiger partial charge >= 0.3 is 39.5 Å². The van der Waals surface area contributed by atoms with E-state index >= 15 is 0 Å². The standard InChI is InChI=1S/C96H188O17P2/c1-9-87(6)73-65-57-49-43-37-31-25-19-13-16-21-27-33-39-45-51-60-68-76-93(98)106-82-91(112-95(100)78-70-62-52-46-40-34-28-22-15-12-18-24-30-36-42-48-56-64-72-86(4)5)84-110-114(102,103)108-80-90(97)81-109-115(104,105)111-85-92(83-107-94(99)77-69-61-55-54-59-67-75-89(8)11-3)113-96(101)79-71-63-53-47-41-35-29-23-17-14-20-26-32-38-44-50-58-66-74-88(7)10-2/h86-92,97H,9-85H2,1-8H3,(H,102,103)(H,104,105)/t87?,88?,89?,90-,91-,92-/m1/s1. The van der Waals surface area contributed by atoms with Crippen molar-refractivity contribution in [3.8, 4) is 0 Å². The molecule has 0 aromatic heterocycles. The Morgan fingerprint density at radius 1 is 0.243 bits per heavy atom. The summed E-state index contributed by atoms with van der Waals surface area (Å²) in [6, 6.07) is 0. The van der Waals surface area contributed by atoms with E-state index in [9.17, 15) is 43.2 Å². The van der Waals surface area contributed by atoms with Crippen LogP contribution in [0.4, 0.5) is 0 Å². The van der Waals surface area contributed by atoms with E-state index in [0.717, 1.165) is 120 Å². The first kappa shape index (κ1) is 113. The second kappa shape index (κ2) is 84.3. The average Bonchev–Trinajstić information content (AvgIpc) is 0.901. The van der Waals surface area contributed by atoms with E-state index in [4.69, 9.17) is 37.0 Å². The second-order valence-electron chi connectivity index (χ2n) is 35.7. The molecule has 0 aliphatic heterocycles. The lowest BCUT2D eigenvalue weighted by Crippen LogP contribution is -2.30. The first-order chi connectivity index (χ1) is 55.7. The highest BCUT2D eigenvalue weighted by atomic mass is 31.2. The molecule has 17 nitrogen and oxygen atoms in total. The minimum Gasteiger partial charge on any atom is -0.462 e. The van der Waals surface area contributed by atoms with Gasteiger partial charge in [-0.25, -0.2) is 9.13 Å². The SMILES string of the molecule is CCC(C)CCCCCCCCCCCCCCCCCCCCC(=O)OC[C@H](COP(=O)(O)OC[C@@H](O)COP(=O)(O)OC[C@@H](COC(=O)CCCCCCCCC(C)CC)OC(=O)CCCCCCCCCCCCCCCCCCCCC(C)CC)OC(=O)CCCCCCCCCCCCCCCCCCCCC(C)C. The van der Waals surface area contributed by atoms with Gasteiger partial charge in [-0.05, 0) is 49.4 Å². The molecule has 0 aliphatic rings. The summed E-state index contributed by atoms with van der Waals surface area (Å²) in [4.78, 5) is 73.5. The Morgan fingerprint density at radius 2 is 0.417 bits per heavy atom. The summed E-state index contributed by atoms with van der Waals surface area (Å²) >= 11 is 0. The van der Waals surface area contributed by atoms with Crippen LogP contribution >= 0.6 is 15.6 Å². The number of carbonyl (C=O) groups is 4. The second-order valence-corrected chi connectivity index (χ2v) is 38.6. The molecule has 0 spiro atoms. The van der Waals surface area contributed by atoms with E-state index in [2.05, 4.69) is 55.4 Å². The summed E-state index contributed by atoms with van der Waals surface area (Å²) in [6.45, 7) is 14.5. The molecule has 8 atom stereocenters. The lowest BCUT2D eigenvalue weighted by molar-refractivity contribution is -0.161. The van der Waals surface area contributed by atoms with E-state index in [1.165, 1.54) is 308 Å². The number of aliphatic hydroxyl groups excluding tert-OH is 1. The van der Waals surface area contributed by atoms with E-state index in [1.54, 1.807) is 0 Å². The summed E-state index contributed by atoms with van der Waals surface area (Å²) in [5.41, 5.74) is 0. The molecule has 684 valence electrons. The van der Waals surface area contributed by atoms with Crippen molar-refractivity contribution in [1.82, 2.24) is 0 Å². The normalized spacial score (nSPS) is 14.5. The maximum absolute atomic E-state index is 13.2. The fourth-order valence-electron chi connectivity index (χ4n) is 15.0. The monoisotopic (exact) mass is 1680 g/mol.